The lowest BCUT2D eigenvalue weighted by molar-refractivity contribution is -0.137. The van der Waals surface area contributed by atoms with Crippen LogP contribution in [0.15, 0.2) is 30.5 Å². The number of fused-ring (bicyclic) bond motifs is 1. The molecule has 0 N–H and O–H groups in total. The maximum absolute atomic E-state index is 12.6. The summed E-state index contributed by atoms with van der Waals surface area (Å²) in [7, 11) is 0. The molecule has 0 saturated carbocycles. The Bertz CT molecular complexity index is 924. The fourth-order valence-electron chi connectivity index (χ4n) is 2.88. The van der Waals surface area contributed by atoms with Gasteiger partial charge in [-0.05, 0) is 25.1 Å². The Labute approximate surface area is 146 Å². The molecule has 1 unspecified atom stereocenters. The minimum Gasteiger partial charge on any atom is -0.472 e. The van der Waals surface area contributed by atoms with E-state index in [1.54, 1.807) is 4.52 Å². The second-order valence-corrected chi connectivity index (χ2v) is 6.07. The van der Waals surface area contributed by atoms with E-state index in [-0.39, 0.29) is 12.0 Å². The highest BCUT2D eigenvalue weighted by Gasteiger charge is 2.31. The summed E-state index contributed by atoms with van der Waals surface area (Å²) in [4.78, 5) is 5.80. The number of anilines is 1. The number of rotatable bonds is 3. The van der Waals surface area contributed by atoms with Crippen LogP contribution >= 0.6 is 0 Å². The van der Waals surface area contributed by atoms with Crippen molar-refractivity contribution in [2.24, 2.45) is 0 Å². The summed E-state index contributed by atoms with van der Waals surface area (Å²) in [6.45, 7) is 3.12. The molecule has 7 nitrogen and oxygen atoms in total. The van der Waals surface area contributed by atoms with Crippen LogP contribution in [0.3, 0.4) is 0 Å². The highest BCUT2D eigenvalue weighted by molar-refractivity contribution is 5.46. The molecule has 1 saturated heterocycles. The average Bonchev–Trinajstić information content (AvgIpc) is 3.22. The summed E-state index contributed by atoms with van der Waals surface area (Å²) in [6, 6.07) is 5.92. The standard InChI is InChI=1S/C16H15F3N6O/c1-10-21-22-13-3-4-14(23-25(10)13)24-7-6-12(9-24)26-15-5-2-11(8-20-15)16(17,18)19/h2-5,8,12H,6-7,9H2,1H3. The lowest BCUT2D eigenvalue weighted by Crippen LogP contribution is -2.26. The normalized spacial score (nSPS) is 17.8. The van der Waals surface area contributed by atoms with Crippen LogP contribution in [0.5, 0.6) is 5.88 Å². The Morgan fingerprint density at radius 2 is 2.00 bits per heavy atom. The van der Waals surface area contributed by atoms with Gasteiger partial charge in [0, 0.05) is 25.2 Å². The molecule has 26 heavy (non-hydrogen) atoms. The summed E-state index contributed by atoms with van der Waals surface area (Å²) < 4.78 is 45.1. The van der Waals surface area contributed by atoms with E-state index in [0.717, 1.165) is 31.0 Å². The number of alkyl halides is 3. The molecule has 10 heteroatoms. The van der Waals surface area contributed by atoms with E-state index in [9.17, 15) is 13.2 Å². The van der Waals surface area contributed by atoms with Gasteiger partial charge in [0.1, 0.15) is 11.9 Å². The van der Waals surface area contributed by atoms with E-state index in [4.69, 9.17) is 4.74 Å². The number of hydrogen-bond donors (Lipinski definition) is 0. The van der Waals surface area contributed by atoms with Gasteiger partial charge in [0.05, 0.1) is 12.1 Å². The molecule has 136 valence electrons. The fourth-order valence-corrected chi connectivity index (χ4v) is 2.88. The van der Waals surface area contributed by atoms with Gasteiger partial charge in [0.25, 0.3) is 0 Å². The Hall–Kier alpha value is -2.91. The molecule has 0 amide bonds. The molecule has 0 aliphatic carbocycles. The van der Waals surface area contributed by atoms with Crippen LogP contribution in [-0.4, -0.2) is 44.0 Å². The number of ether oxygens (including phenoxy) is 1. The molecule has 0 aromatic carbocycles. The molecule has 4 heterocycles. The van der Waals surface area contributed by atoms with Gasteiger partial charge in [-0.2, -0.15) is 17.7 Å². The largest absolute Gasteiger partial charge is 0.472 e. The first kappa shape index (κ1) is 16.6. The van der Waals surface area contributed by atoms with Crippen LogP contribution in [0.1, 0.15) is 17.8 Å². The van der Waals surface area contributed by atoms with Crippen molar-refractivity contribution in [2.45, 2.75) is 25.6 Å². The lowest BCUT2D eigenvalue weighted by atomic mass is 10.3. The van der Waals surface area contributed by atoms with Crippen LogP contribution in [0.2, 0.25) is 0 Å². The molecule has 0 bridgehead atoms. The number of aromatic nitrogens is 5. The van der Waals surface area contributed by atoms with Crippen molar-refractivity contribution in [3.8, 4) is 5.88 Å². The summed E-state index contributed by atoms with van der Waals surface area (Å²) in [5, 5.41) is 12.5. The van der Waals surface area contributed by atoms with Crippen LogP contribution < -0.4 is 9.64 Å². The molecule has 1 aliphatic heterocycles. The summed E-state index contributed by atoms with van der Waals surface area (Å²) in [6.07, 6.45) is -3.06. The molecule has 0 spiro atoms. The van der Waals surface area contributed by atoms with Crippen LogP contribution in [0.4, 0.5) is 19.0 Å². The second kappa shape index (κ2) is 6.11. The third-order valence-electron chi connectivity index (χ3n) is 4.22. The average molecular weight is 364 g/mol. The number of nitrogens with zero attached hydrogens (tertiary/aromatic N) is 6. The zero-order valence-corrected chi connectivity index (χ0v) is 13.8. The second-order valence-electron chi connectivity index (χ2n) is 6.07. The minimum atomic E-state index is -4.40. The fraction of sp³-hybridized carbons (Fsp3) is 0.375. The minimum absolute atomic E-state index is 0.168. The molecule has 1 atom stereocenters. The zero-order valence-electron chi connectivity index (χ0n) is 13.8. The maximum atomic E-state index is 12.6. The summed E-state index contributed by atoms with van der Waals surface area (Å²) in [5.74, 6) is 1.65. The number of aryl methyl sites for hydroxylation is 1. The lowest BCUT2D eigenvalue weighted by Gasteiger charge is -2.17. The third-order valence-corrected chi connectivity index (χ3v) is 4.22. The molecular formula is C16H15F3N6O. The topological polar surface area (TPSA) is 68.4 Å². The van der Waals surface area contributed by atoms with Crippen molar-refractivity contribution in [1.82, 2.24) is 24.8 Å². The van der Waals surface area contributed by atoms with Crippen molar-refractivity contribution in [1.29, 1.82) is 0 Å². The monoisotopic (exact) mass is 364 g/mol. The van der Waals surface area contributed by atoms with Gasteiger partial charge in [-0.3, -0.25) is 0 Å². The first-order valence-corrected chi connectivity index (χ1v) is 8.04. The third kappa shape index (κ3) is 3.14. The highest BCUT2D eigenvalue weighted by atomic mass is 19.4. The van der Waals surface area contributed by atoms with Crippen LogP contribution in [0, 0.1) is 6.92 Å². The van der Waals surface area contributed by atoms with E-state index in [1.165, 1.54) is 6.07 Å². The van der Waals surface area contributed by atoms with Crippen LogP contribution in [0.25, 0.3) is 5.65 Å². The number of halogens is 3. The van der Waals surface area contributed by atoms with Crippen molar-refractivity contribution in [3.05, 3.63) is 41.9 Å². The van der Waals surface area contributed by atoms with Crippen molar-refractivity contribution < 1.29 is 17.9 Å². The predicted molar refractivity (Wildman–Crippen MR) is 86.0 cm³/mol. The quantitative estimate of drug-likeness (QED) is 0.711. The van der Waals surface area contributed by atoms with Crippen molar-refractivity contribution in [2.75, 3.05) is 18.0 Å². The molecule has 1 fully saturated rings. The maximum Gasteiger partial charge on any atom is 0.417 e. The van der Waals surface area contributed by atoms with E-state index < -0.39 is 11.7 Å². The number of hydrogen-bond acceptors (Lipinski definition) is 6. The van der Waals surface area contributed by atoms with Gasteiger partial charge < -0.3 is 9.64 Å². The summed E-state index contributed by atoms with van der Waals surface area (Å²) in [5.41, 5.74) is -0.119. The first-order chi connectivity index (χ1) is 12.4. The van der Waals surface area contributed by atoms with Gasteiger partial charge >= 0.3 is 6.18 Å². The van der Waals surface area contributed by atoms with E-state index in [1.807, 2.05) is 24.0 Å². The first-order valence-electron chi connectivity index (χ1n) is 8.04. The van der Waals surface area contributed by atoms with Gasteiger partial charge in [0.2, 0.25) is 5.88 Å². The molecular weight excluding hydrogens is 349 g/mol. The Morgan fingerprint density at radius 3 is 2.73 bits per heavy atom. The molecule has 4 rings (SSSR count). The van der Waals surface area contributed by atoms with Crippen LogP contribution in [-0.2, 0) is 6.18 Å². The van der Waals surface area contributed by atoms with Gasteiger partial charge in [0.15, 0.2) is 11.5 Å². The van der Waals surface area contributed by atoms with Crippen molar-refractivity contribution >= 4 is 11.5 Å². The van der Waals surface area contributed by atoms with Gasteiger partial charge in [-0.25, -0.2) is 4.98 Å². The SMILES string of the molecule is Cc1nnc2ccc(N3CCC(Oc4ccc(C(F)(F)F)cn4)C3)nn12. The Kier molecular flexibility index (Phi) is 3.89. The van der Waals surface area contributed by atoms with Gasteiger partial charge in [-0.15, -0.1) is 15.3 Å². The molecule has 0 radical (unpaired) electrons. The van der Waals surface area contributed by atoms with E-state index >= 15 is 0 Å². The van der Waals surface area contributed by atoms with E-state index in [0.29, 0.717) is 18.0 Å². The highest BCUT2D eigenvalue weighted by Crippen LogP contribution is 2.29. The number of pyridine rings is 1. The smallest absolute Gasteiger partial charge is 0.417 e. The van der Waals surface area contributed by atoms with Gasteiger partial charge in [-0.1, -0.05) is 0 Å². The van der Waals surface area contributed by atoms with Crippen molar-refractivity contribution in [3.63, 3.8) is 0 Å². The molecule has 3 aromatic heterocycles. The Balaban J connectivity index is 1.43. The zero-order chi connectivity index (χ0) is 18.3. The molecule has 1 aliphatic rings. The van der Waals surface area contributed by atoms with E-state index in [2.05, 4.69) is 20.3 Å². The molecule has 3 aromatic rings. The predicted octanol–water partition coefficient (Wildman–Crippen LogP) is 2.50. The summed E-state index contributed by atoms with van der Waals surface area (Å²) >= 11 is 0. The Morgan fingerprint density at radius 1 is 1.15 bits per heavy atom.